The van der Waals surface area contributed by atoms with Crippen molar-refractivity contribution in [2.45, 2.75) is 48.1 Å². The van der Waals surface area contributed by atoms with Gasteiger partial charge in [0.1, 0.15) is 51.9 Å². The molecule has 1 spiro atoms. The van der Waals surface area contributed by atoms with Crippen LogP contribution in [0, 0.1) is 0 Å². The molecule has 3 aromatic carbocycles. The number of thioether (sulfide) groups is 2. The summed E-state index contributed by atoms with van der Waals surface area (Å²) >= 11 is 4.37. The number of nitrogens with one attached hydrogen (secondary N) is 1. The van der Waals surface area contributed by atoms with Gasteiger partial charge in [0.2, 0.25) is 5.91 Å². The Morgan fingerprint density at radius 3 is 2.39 bits per heavy atom. The number of rotatable bonds is 12. The van der Waals surface area contributed by atoms with E-state index in [1.54, 1.807) is 12.1 Å². The Morgan fingerprint density at radius 2 is 1.69 bits per heavy atom. The van der Waals surface area contributed by atoms with Gasteiger partial charge in [-0.2, -0.15) is 0 Å². The molecule has 4 heterocycles. The van der Waals surface area contributed by atoms with Crippen molar-refractivity contribution in [3.63, 3.8) is 0 Å². The molecule has 3 atom stereocenters. The van der Waals surface area contributed by atoms with Gasteiger partial charge in [-0.05, 0) is 54.3 Å². The molecule has 1 saturated heterocycles. The highest BCUT2D eigenvalue weighted by molar-refractivity contribution is 8.15. The fourth-order valence-corrected chi connectivity index (χ4v) is 10.1. The Bertz CT molecular complexity index is 2130. The summed E-state index contributed by atoms with van der Waals surface area (Å²) in [5, 5.41) is 23.2. The molecule has 1 saturated carbocycles. The predicted octanol–water partition coefficient (Wildman–Crippen LogP) is 4.71. The lowest BCUT2D eigenvalue weighted by atomic mass is 9.99. The van der Waals surface area contributed by atoms with Gasteiger partial charge in [0.05, 0.1) is 16.6 Å². The average molecular weight is 743 g/mol. The maximum Gasteiger partial charge on any atom is 0.352 e. The van der Waals surface area contributed by atoms with Gasteiger partial charge >= 0.3 is 11.9 Å². The number of β-lactam (4-membered cyclic amide) rings is 1. The summed E-state index contributed by atoms with van der Waals surface area (Å²) in [6.45, 7) is 0.320. The van der Waals surface area contributed by atoms with E-state index >= 15 is 0 Å². The minimum atomic E-state index is -1.19. The van der Waals surface area contributed by atoms with Crippen LogP contribution in [0.5, 0.6) is 11.5 Å². The zero-order valence-corrected chi connectivity index (χ0v) is 29.3. The van der Waals surface area contributed by atoms with E-state index in [1.165, 1.54) is 39.8 Å². The Morgan fingerprint density at radius 1 is 0.941 bits per heavy atom. The van der Waals surface area contributed by atoms with Gasteiger partial charge in [-0.15, -0.1) is 34.9 Å². The number of carbonyl (C=O) groups is 4. The highest BCUT2D eigenvalue weighted by Gasteiger charge is 2.63. The number of benzene rings is 3. The molecule has 15 heteroatoms. The number of thiazole rings is 1. The van der Waals surface area contributed by atoms with Crippen LogP contribution in [0.3, 0.4) is 0 Å². The molecule has 1 aliphatic carbocycles. The largest absolute Gasteiger partial charge is 0.489 e. The van der Waals surface area contributed by atoms with Crippen LogP contribution in [0.2, 0.25) is 0 Å². The second-order valence-electron chi connectivity index (χ2n) is 12.5. The summed E-state index contributed by atoms with van der Waals surface area (Å²) < 4.78 is 12.6. The first-order valence-corrected chi connectivity index (χ1v) is 18.9. The lowest BCUT2D eigenvalue weighted by molar-refractivity contribution is -0.150. The van der Waals surface area contributed by atoms with Crippen molar-refractivity contribution >= 4 is 73.9 Å². The molecule has 3 unspecified atom stereocenters. The molecule has 0 radical (unpaired) electrons. The average Bonchev–Trinajstić information content (AvgIpc) is 3.51. The van der Waals surface area contributed by atoms with Crippen LogP contribution in [0.15, 0.2) is 89.1 Å². The molecule has 260 valence electrons. The van der Waals surface area contributed by atoms with Gasteiger partial charge in [-0.25, -0.2) is 14.6 Å². The van der Waals surface area contributed by atoms with Crippen molar-refractivity contribution in [3.05, 3.63) is 100 Å². The van der Waals surface area contributed by atoms with Crippen molar-refractivity contribution < 1.29 is 38.9 Å². The van der Waals surface area contributed by atoms with Crippen molar-refractivity contribution in [3.8, 4) is 11.5 Å². The lowest BCUT2D eigenvalue weighted by Crippen LogP contribution is -2.71. The molecule has 3 aliphatic heterocycles. The van der Waals surface area contributed by atoms with Gasteiger partial charge in [0.15, 0.2) is 6.04 Å². The standard InChI is InChI=1S/C36H30N4O8S3/c41-27(14-19-4-2-1-3-5-19)39-28-32(42)40-29(35(45)46)23(36(12-13-36)51-33(28)40)17-48-21-8-6-20(7-9-21)16-47-22-10-11-24-26(15-22)50-31(37-24)30-38-25(18-49-30)34(43)44/h1-11,15,25,28,33H,12-14,16-18H2,(H,39,41)(H,43,44)(H,45,46). The quantitative estimate of drug-likeness (QED) is 0.172. The maximum absolute atomic E-state index is 13.2. The summed E-state index contributed by atoms with van der Waals surface area (Å²) in [5.41, 5.74) is 3.04. The van der Waals surface area contributed by atoms with Crippen molar-refractivity contribution in [1.82, 2.24) is 15.2 Å². The summed E-state index contributed by atoms with van der Waals surface area (Å²) in [5.74, 6) is -1.23. The normalized spacial score (nSPS) is 21.6. The zero-order valence-electron chi connectivity index (χ0n) is 26.8. The van der Waals surface area contributed by atoms with Gasteiger partial charge in [0.25, 0.3) is 5.91 Å². The Kier molecular flexibility index (Phi) is 8.72. The second kappa shape index (κ2) is 13.4. The van der Waals surface area contributed by atoms with Crippen LogP contribution in [0.25, 0.3) is 10.2 Å². The van der Waals surface area contributed by atoms with E-state index in [-0.39, 0.29) is 24.6 Å². The van der Waals surface area contributed by atoms with E-state index < -0.39 is 40.1 Å². The molecule has 4 aliphatic rings. The van der Waals surface area contributed by atoms with Crippen LogP contribution < -0.4 is 14.8 Å². The van der Waals surface area contributed by atoms with Crippen LogP contribution >= 0.6 is 34.9 Å². The van der Waals surface area contributed by atoms with Crippen molar-refractivity contribution in [2.24, 2.45) is 4.99 Å². The summed E-state index contributed by atoms with van der Waals surface area (Å²) in [6.07, 6.45) is 1.66. The first-order chi connectivity index (χ1) is 24.7. The summed E-state index contributed by atoms with van der Waals surface area (Å²) in [7, 11) is 0. The van der Waals surface area contributed by atoms with E-state index in [0.29, 0.717) is 39.5 Å². The zero-order chi connectivity index (χ0) is 35.3. The number of hydrogen-bond acceptors (Lipinski definition) is 11. The molecule has 1 aromatic heterocycles. The number of amides is 2. The number of ether oxygens (including phenoxy) is 2. The molecule has 2 fully saturated rings. The van der Waals surface area contributed by atoms with Crippen molar-refractivity contribution in [1.29, 1.82) is 0 Å². The van der Waals surface area contributed by atoms with Crippen LogP contribution in [-0.2, 0) is 32.2 Å². The minimum Gasteiger partial charge on any atom is -0.489 e. The molecule has 12 nitrogen and oxygen atoms in total. The van der Waals surface area contributed by atoms with Gasteiger partial charge in [0, 0.05) is 16.1 Å². The molecule has 2 amide bonds. The van der Waals surface area contributed by atoms with Gasteiger partial charge in [-0.3, -0.25) is 19.5 Å². The Balaban J connectivity index is 0.892. The highest BCUT2D eigenvalue weighted by atomic mass is 32.2. The Hall–Kier alpha value is -4.86. The van der Waals surface area contributed by atoms with Crippen LogP contribution in [0.4, 0.5) is 0 Å². The number of carbonyl (C=O) groups excluding carboxylic acids is 2. The van der Waals surface area contributed by atoms with E-state index in [0.717, 1.165) is 34.2 Å². The highest BCUT2D eigenvalue weighted by Crippen LogP contribution is 2.62. The lowest BCUT2D eigenvalue weighted by Gasteiger charge is -2.51. The summed E-state index contributed by atoms with van der Waals surface area (Å²) in [4.78, 5) is 60.0. The van der Waals surface area contributed by atoms with E-state index in [9.17, 15) is 29.4 Å². The molecule has 8 rings (SSSR count). The monoisotopic (exact) mass is 742 g/mol. The second-order valence-corrected chi connectivity index (χ2v) is 16.1. The van der Waals surface area contributed by atoms with E-state index in [1.807, 2.05) is 60.7 Å². The number of fused-ring (bicyclic) bond motifs is 2. The minimum absolute atomic E-state index is 0.0186. The maximum atomic E-state index is 13.2. The topological polar surface area (TPSA) is 168 Å². The third-order valence-corrected chi connectivity index (χ3v) is 13.1. The summed E-state index contributed by atoms with van der Waals surface area (Å²) in [6, 6.07) is 20.7. The number of aromatic nitrogens is 1. The SMILES string of the molecule is O=C(Cc1ccccc1)NC1C(=O)N2C(C(=O)O)=C(COc3ccc(COc4ccc5nc(C6=NC(C(=O)O)CS6)sc5c4)cc3)C3(CC3)SC12. The first-order valence-electron chi connectivity index (χ1n) is 16.2. The Labute approximate surface area is 303 Å². The van der Waals surface area contributed by atoms with E-state index in [2.05, 4.69) is 15.3 Å². The van der Waals surface area contributed by atoms with E-state index in [4.69, 9.17) is 9.47 Å². The number of nitrogens with zero attached hydrogens (tertiary/aromatic N) is 3. The van der Waals surface area contributed by atoms with Gasteiger partial charge < -0.3 is 25.0 Å². The third kappa shape index (κ3) is 6.56. The number of aliphatic imine (C=N–C) groups is 1. The molecule has 51 heavy (non-hydrogen) atoms. The van der Waals surface area contributed by atoms with Crippen LogP contribution in [-0.4, -0.2) is 83.5 Å². The molecular weight excluding hydrogens is 713 g/mol. The molecule has 0 bridgehead atoms. The fraction of sp³-hybridized carbons (Fsp3) is 0.278. The molecule has 4 aromatic rings. The fourth-order valence-electron chi connectivity index (χ4n) is 6.30. The first kappa shape index (κ1) is 33.3. The number of carboxylic acids is 2. The molecular formula is C36H30N4O8S3. The third-order valence-electron chi connectivity index (χ3n) is 9.09. The molecule has 3 N–H and O–H groups in total. The van der Waals surface area contributed by atoms with Crippen molar-refractivity contribution in [2.75, 3.05) is 12.4 Å². The number of carboxylic acid groups (broad SMARTS) is 2. The number of aliphatic carboxylic acids is 2. The van der Waals surface area contributed by atoms with Gasteiger partial charge in [-0.1, -0.05) is 42.5 Å². The van der Waals surface area contributed by atoms with Crippen LogP contribution in [0.1, 0.15) is 29.0 Å². The predicted molar refractivity (Wildman–Crippen MR) is 193 cm³/mol. The smallest absolute Gasteiger partial charge is 0.352 e. The number of hydrogen-bond donors (Lipinski definition) is 3.